The number of ether oxygens (including phenoxy) is 1. The SMILES string of the molecule is C=C1CC(c2ccccc2)c2cc(C)ccc2CO1. The van der Waals surface area contributed by atoms with E-state index in [4.69, 9.17) is 4.74 Å². The highest BCUT2D eigenvalue weighted by Crippen LogP contribution is 2.36. The molecule has 96 valence electrons. The molecule has 0 fully saturated rings. The van der Waals surface area contributed by atoms with Crippen LogP contribution < -0.4 is 0 Å². The molecule has 1 unspecified atom stereocenters. The third-order valence-electron chi connectivity index (χ3n) is 3.74. The Morgan fingerprint density at radius 3 is 2.68 bits per heavy atom. The Bertz CT molecular complexity index is 598. The van der Waals surface area contributed by atoms with E-state index in [2.05, 4.69) is 62.0 Å². The molecule has 1 aliphatic rings. The van der Waals surface area contributed by atoms with Crippen molar-refractivity contribution in [2.75, 3.05) is 0 Å². The molecule has 0 amide bonds. The quantitative estimate of drug-likeness (QED) is 0.721. The summed E-state index contributed by atoms with van der Waals surface area (Å²) in [6, 6.07) is 17.2. The topological polar surface area (TPSA) is 9.23 Å². The normalized spacial score (nSPS) is 18.4. The number of fused-ring (bicyclic) bond motifs is 1. The summed E-state index contributed by atoms with van der Waals surface area (Å²) < 4.78 is 5.73. The van der Waals surface area contributed by atoms with Crippen LogP contribution in [0.4, 0.5) is 0 Å². The van der Waals surface area contributed by atoms with Crippen molar-refractivity contribution in [3.63, 3.8) is 0 Å². The minimum Gasteiger partial charge on any atom is -0.494 e. The summed E-state index contributed by atoms with van der Waals surface area (Å²) in [6.07, 6.45) is 0.862. The smallest absolute Gasteiger partial charge is 0.113 e. The minimum atomic E-state index is 0.353. The monoisotopic (exact) mass is 250 g/mol. The van der Waals surface area contributed by atoms with E-state index < -0.39 is 0 Å². The Morgan fingerprint density at radius 1 is 1.11 bits per heavy atom. The van der Waals surface area contributed by atoms with Crippen molar-refractivity contribution < 1.29 is 4.74 Å². The Morgan fingerprint density at radius 2 is 1.89 bits per heavy atom. The molecule has 0 saturated carbocycles. The van der Waals surface area contributed by atoms with Crippen molar-refractivity contribution in [1.82, 2.24) is 0 Å². The van der Waals surface area contributed by atoms with E-state index in [1.54, 1.807) is 0 Å². The van der Waals surface area contributed by atoms with Gasteiger partial charge in [0.1, 0.15) is 6.61 Å². The third kappa shape index (κ3) is 2.41. The summed E-state index contributed by atoms with van der Waals surface area (Å²) in [6.45, 7) is 6.81. The molecule has 1 atom stereocenters. The maximum absolute atomic E-state index is 5.73. The molecule has 0 bridgehead atoms. The average molecular weight is 250 g/mol. The van der Waals surface area contributed by atoms with Crippen LogP contribution in [0.15, 0.2) is 60.9 Å². The lowest BCUT2D eigenvalue weighted by molar-refractivity contribution is 0.195. The average Bonchev–Trinajstić information content (AvgIpc) is 2.59. The summed E-state index contributed by atoms with van der Waals surface area (Å²) in [5, 5.41) is 0. The predicted octanol–water partition coefficient (Wildman–Crippen LogP) is 4.56. The standard InChI is InChI=1S/C18H18O/c1-13-8-9-16-12-19-14(2)11-18(17(16)10-13)15-6-4-3-5-7-15/h3-10,18H,2,11-12H2,1H3. The van der Waals surface area contributed by atoms with Crippen LogP contribution in [0, 0.1) is 6.92 Å². The molecule has 1 aliphatic heterocycles. The number of rotatable bonds is 1. The van der Waals surface area contributed by atoms with E-state index in [0.29, 0.717) is 12.5 Å². The first-order valence-corrected chi connectivity index (χ1v) is 6.69. The number of hydrogen-bond acceptors (Lipinski definition) is 1. The van der Waals surface area contributed by atoms with E-state index in [1.807, 2.05) is 0 Å². The Kier molecular flexibility index (Phi) is 3.12. The second kappa shape index (κ2) is 4.93. The number of allylic oxidation sites excluding steroid dienone is 1. The zero-order valence-corrected chi connectivity index (χ0v) is 11.2. The molecular weight excluding hydrogens is 232 g/mol. The lowest BCUT2D eigenvalue weighted by atomic mass is 9.85. The fourth-order valence-corrected chi connectivity index (χ4v) is 2.73. The predicted molar refractivity (Wildman–Crippen MR) is 78.0 cm³/mol. The third-order valence-corrected chi connectivity index (χ3v) is 3.74. The van der Waals surface area contributed by atoms with Crippen LogP contribution in [-0.2, 0) is 11.3 Å². The molecule has 1 heterocycles. The van der Waals surface area contributed by atoms with Gasteiger partial charge in [-0.2, -0.15) is 0 Å². The first-order valence-electron chi connectivity index (χ1n) is 6.69. The van der Waals surface area contributed by atoms with Crippen LogP contribution >= 0.6 is 0 Å². The molecule has 2 aromatic carbocycles. The maximum Gasteiger partial charge on any atom is 0.113 e. The van der Waals surface area contributed by atoms with Gasteiger partial charge in [0.25, 0.3) is 0 Å². The molecule has 3 rings (SSSR count). The maximum atomic E-state index is 5.73. The van der Waals surface area contributed by atoms with Gasteiger partial charge in [0.2, 0.25) is 0 Å². The molecule has 2 aromatic rings. The van der Waals surface area contributed by atoms with Crippen LogP contribution in [0.5, 0.6) is 0 Å². The molecule has 0 saturated heterocycles. The van der Waals surface area contributed by atoms with Crippen LogP contribution in [0.25, 0.3) is 0 Å². The zero-order valence-electron chi connectivity index (χ0n) is 11.2. The Hall–Kier alpha value is -2.02. The summed E-state index contributed by atoms with van der Waals surface area (Å²) in [5.41, 5.74) is 5.29. The second-order valence-electron chi connectivity index (χ2n) is 5.20. The van der Waals surface area contributed by atoms with Crippen molar-refractivity contribution in [2.24, 2.45) is 0 Å². The van der Waals surface area contributed by atoms with Crippen molar-refractivity contribution in [3.05, 3.63) is 83.1 Å². The number of hydrogen-bond donors (Lipinski definition) is 0. The van der Waals surface area contributed by atoms with Gasteiger partial charge < -0.3 is 4.74 Å². The molecule has 0 N–H and O–H groups in total. The molecule has 0 radical (unpaired) electrons. The van der Waals surface area contributed by atoms with Crippen LogP contribution in [0.3, 0.4) is 0 Å². The van der Waals surface area contributed by atoms with Crippen LogP contribution in [0.2, 0.25) is 0 Å². The highest BCUT2D eigenvalue weighted by Gasteiger charge is 2.22. The van der Waals surface area contributed by atoms with Crippen molar-refractivity contribution >= 4 is 0 Å². The van der Waals surface area contributed by atoms with Gasteiger partial charge in [-0.05, 0) is 23.6 Å². The van der Waals surface area contributed by atoms with Gasteiger partial charge in [-0.15, -0.1) is 0 Å². The fourth-order valence-electron chi connectivity index (χ4n) is 2.73. The van der Waals surface area contributed by atoms with E-state index >= 15 is 0 Å². The Balaban J connectivity index is 2.12. The second-order valence-corrected chi connectivity index (χ2v) is 5.20. The molecule has 1 nitrogen and oxygen atoms in total. The molecule has 1 heteroatoms. The lowest BCUT2D eigenvalue weighted by Gasteiger charge is -2.18. The van der Waals surface area contributed by atoms with Crippen molar-refractivity contribution in [1.29, 1.82) is 0 Å². The fraction of sp³-hybridized carbons (Fsp3) is 0.222. The van der Waals surface area contributed by atoms with Crippen molar-refractivity contribution in [2.45, 2.75) is 25.9 Å². The van der Waals surface area contributed by atoms with Crippen LogP contribution in [-0.4, -0.2) is 0 Å². The largest absolute Gasteiger partial charge is 0.494 e. The van der Waals surface area contributed by atoms with Gasteiger partial charge >= 0.3 is 0 Å². The highest BCUT2D eigenvalue weighted by atomic mass is 16.5. The van der Waals surface area contributed by atoms with Gasteiger partial charge in [-0.25, -0.2) is 0 Å². The molecule has 0 aliphatic carbocycles. The minimum absolute atomic E-state index is 0.353. The first-order chi connectivity index (χ1) is 9.24. The lowest BCUT2D eigenvalue weighted by Crippen LogP contribution is -2.03. The molecule has 0 spiro atoms. The first kappa shape index (κ1) is 12.0. The van der Waals surface area contributed by atoms with E-state index in [9.17, 15) is 0 Å². The van der Waals surface area contributed by atoms with Crippen LogP contribution in [0.1, 0.15) is 34.6 Å². The van der Waals surface area contributed by atoms with Gasteiger partial charge in [0.15, 0.2) is 0 Å². The van der Waals surface area contributed by atoms with E-state index in [1.165, 1.54) is 22.3 Å². The zero-order chi connectivity index (χ0) is 13.2. The summed E-state index contributed by atoms with van der Waals surface area (Å²) in [4.78, 5) is 0. The summed E-state index contributed by atoms with van der Waals surface area (Å²) in [7, 11) is 0. The number of aryl methyl sites for hydroxylation is 1. The van der Waals surface area contributed by atoms with Crippen molar-refractivity contribution in [3.8, 4) is 0 Å². The van der Waals surface area contributed by atoms with Gasteiger partial charge in [0.05, 0.1) is 5.76 Å². The summed E-state index contributed by atoms with van der Waals surface area (Å²) in [5.74, 6) is 1.23. The molecule has 19 heavy (non-hydrogen) atoms. The molecular formula is C18H18O. The van der Waals surface area contributed by atoms with Gasteiger partial charge in [0, 0.05) is 12.3 Å². The van der Waals surface area contributed by atoms with Gasteiger partial charge in [-0.1, -0.05) is 60.7 Å². The molecule has 0 aromatic heterocycles. The Labute approximate surface area is 114 Å². The summed E-state index contributed by atoms with van der Waals surface area (Å²) >= 11 is 0. The number of benzene rings is 2. The van der Waals surface area contributed by atoms with E-state index in [0.717, 1.165) is 12.2 Å². The highest BCUT2D eigenvalue weighted by molar-refractivity contribution is 5.41. The van der Waals surface area contributed by atoms with Gasteiger partial charge in [-0.3, -0.25) is 0 Å². The van der Waals surface area contributed by atoms with E-state index in [-0.39, 0.29) is 0 Å².